The van der Waals surface area contributed by atoms with Crippen LogP contribution >= 0.6 is 0 Å². The Bertz CT molecular complexity index is 477. The summed E-state index contributed by atoms with van der Waals surface area (Å²) in [6.45, 7) is 0.852. The van der Waals surface area contributed by atoms with Crippen molar-refractivity contribution in [3.05, 3.63) is 35.8 Å². The first-order chi connectivity index (χ1) is 7.34. The molecule has 0 saturated carbocycles. The van der Waals surface area contributed by atoms with Crippen molar-refractivity contribution in [1.82, 2.24) is 15.2 Å². The quantitative estimate of drug-likeness (QED) is 0.641. The third-order valence-electron chi connectivity index (χ3n) is 2.71. The van der Waals surface area contributed by atoms with Gasteiger partial charge in [0.25, 0.3) is 0 Å². The highest BCUT2D eigenvalue weighted by atomic mass is 15.1. The molecule has 2 aromatic rings. The van der Waals surface area contributed by atoms with Crippen molar-refractivity contribution < 1.29 is 0 Å². The lowest BCUT2D eigenvalue weighted by Crippen LogP contribution is -2.02. The van der Waals surface area contributed by atoms with E-state index in [9.17, 15) is 0 Å². The van der Waals surface area contributed by atoms with Gasteiger partial charge in [0.05, 0.1) is 18.1 Å². The van der Waals surface area contributed by atoms with Crippen LogP contribution in [0.25, 0.3) is 0 Å². The van der Waals surface area contributed by atoms with Crippen molar-refractivity contribution >= 4 is 11.5 Å². The predicted octanol–water partition coefficient (Wildman–Crippen LogP) is 0.944. The minimum atomic E-state index is 0.301. The second-order valence-electron chi connectivity index (χ2n) is 3.67. The summed E-state index contributed by atoms with van der Waals surface area (Å²) in [7, 11) is 0. The first-order valence-electron chi connectivity index (χ1n) is 4.82. The Hall–Kier alpha value is -2.04. The number of nitrogens with two attached hydrogens (primary N) is 1. The topological polar surface area (TPSA) is 79.6 Å². The van der Waals surface area contributed by atoms with Crippen molar-refractivity contribution in [2.45, 2.75) is 5.92 Å². The number of aromatic nitrogens is 3. The maximum absolute atomic E-state index is 5.73. The summed E-state index contributed by atoms with van der Waals surface area (Å²) in [5.41, 5.74) is 8.74. The highest BCUT2D eigenvalue weighted by Gasteiger charge is 2.25. The SMILES string of the molecule is Nc1cnc2c(c1)C(c1cn[nH]c1)CN2. The van der Waals surface area contributed by atoms with Crippen molar-refractivity contribution in [1.29, 1.82) is 0 Å². The van der Waals surface area contributed by atoms with Crippen LogP contribution in [-0.2, 0) is 0 Å². The van der Waals surface area contributed by atoms with Crippen LogP contribution in [0.15, 0.2) is 24.7 Å². The van der Waals surface area contributed by atoms with Crippen LogP contribution in [0.1, 0.15) is 17.0 Å². The van der Waals surface area contributed by atoms with Gasteiger partial charge >= 0.3 is 0 Å². The fourth-order valence-corrected chi connectivity index (χ4v) is 1.97. The van der Waals surface area contributed by atoms with E-state index >= 15 is 0 Å². The third kappa shape index (κ3) is 1.24. The van der Waals surface area contributed by atoms with Crippen molar-refractivity contribution in [2.24, 2.45) is 0 Å². The lowest BCUT2D eigenvalue weighted by Gasteiger charge is -2.06. The number of H-pyrrole nitrogens is 1. The lowest BCUT2D eigenvalue weighted by atomic mass is 9.97. The van der Waals surface area contributed by atoms with E-state index in [4.69, 9.17) is 5.73 Å². The van der Waals surface area contributed by atoms with Crippen molar-refractivity contribution in [3.8, 4) is 0 Å². The van der Waals surface area contributed by atoms with Crippen LogP contribution in [0.3, 0.4) is 0 Å². The molecule has 76 valence electrons. The Morgan fingerprint density at radius 3 is 3.13 bits per heavy atom. The molecule has 0 aliphatic carbocycles. The molecule has 1 aliphatic heterocycles. The van der Waals surface area contributed by atoms with Gasteiger partial charge < -0.3 is 11.1 Å². The van der Waals surface area contributed by atoms with Gasteiger partial charge in [0.1, 0.15) is 5.82 Å². The standard InChI is InChI=1S/C10H11N5/c11-7-1-8-9(6-2-14-15-3-6)5-13-10(8)12-4-7/h1-4,9H,5,11H2,(H,12,13)(H,14,15). The van der Waals surface area contributed by atoms with E-state index in [1.54, 1.807) is 6.20 Å². The fraction of sp³-hybridized carbons (Fsp3) is 0.200. The molecular weight excluding hydrogens is 190 g/mol. The van der Waals surface area contributed by atoms with Gasteiger partial charge in [-0.15, -0.1) is 0 Å². The molecule has 4 N–H and O–H groups in total. The highest BCUT2D eigenvalue weighted by molar-refractivity contribution is 5.59. The van der Waals surface area contributed by atoms with Crippen molar-refractivity contribution in [2.75, 3.05) is 17.6 Å². The molecule has 3 heterocycles. The summed E-state index contributed by atoms with van der Waals surface area (Å²) in [6, 6.07) is 1.97. The van der Waals surface area contributed by atoms with E-state index in [0.717, 1.165) is 23.5 Å². The van der Waals surface area contributed by atoms with E-state index in [0.29, 0.717) is 11.6 Å². The normalized spacial score (nSPS) is 18.5. The molecule has 1 aliphatic rings. The van der Waals surface area contributed by atoms with Crippen LogP contribution in [0.2, 0.25) is 0 Å². The summed E-state index contributed by atoms with van der Waals surface area (Å²) >= 11 is 0. The van der Waals surface area contributed by atoms with Crippen LogP contribution in [-0.4, -0.2) is 21.7 Å². The van der Waals surface area contributed by atoms with E-state index < -0.39 is 0 Å². The zero-order chi connectivity index (χ0) is 10.3. The molecule has 5 nitrogen and oxygen atoms in total. The molecule has 0 amide bonds. The molecule has 0 saturated heterocycles. The summed E-state index contributed by atoms with van der Waals surface area (Å²) in [5.74, 6) is 1.23. The Morgan fingerprint density at radius 1 is 1.40 bits per heavy atom. The molecule has 15 heavy (non-hydrogen) atoms. The van der Waals surface area contributed by atoms with E-state index in [1.807, 2.05) is 18.5 Å². The molecule has 3 rings (SSSR count). The maximum Gasteiger partial charge on any atom is 0.130 e. The second-order valence-corrected chi connectivity index (χ2v) is 3.67. The number of fused-ring (bicyclic) bond motifs is 1. The number of hydrogen-bond acceptors (Lipinski definition) is 4. The average Bonchev–Trinajstić information content (AvgIpc) is 2.83. The zero-order valence-corrected chi connectivity index (χ0v) is 8.07. The molecule has 5 heteroatoms. The monoisotopic (exact) mass is 201 g/mol. The number of hydrogen-bond donors (Lipinski definition) is 3. The van der Waals surface area contributed by atoms with Gasteiger partial charge in [-0.25, -0.2) is 4.98 Å². The van der Waals surface area contributed by atoms with Gasteiger partial charge in [0.2, 0.25) is 0 Å². The van der Waals surface area contributed by atoms with Crippen LogP contribution in [0, 0.1) is 0 Å². The van der Waals surface area contributed by atoms with Gasteiger partial charge in [-0.3, -0.25) is 5.10 Å². The molecular formula is C10H11N5. The Balaban J connectivity index is 2.08. The number of rotatable bonds is 1. The minimum Gasteiger partial charge on any atom is -0.397 e. The molecule has 0 radical (unpaired) electrons. The minimum absolute atomic E-state index is 0.301. The molecule has 0 spiro atoms. The molecule has 0 fully saturated rings. The lowest BCUT2D eigenvalue weighted by molar-refractivity contribution is 0.909. The average molecular weight is 201 g/mol. The van der Waals surface area contributed by atoms with E-state index in [-0.39, 0.29) is 0 Å². The number of nitrogen functional groups attached to an aromatic ring is 1. The van der Waals surface area contributed by atoms with E-state index in [2.05, 4.69) is 20.5 Å². The smallest absolute Gasteiger partial charge is 0.130 e. The molecule has 1 unspecified atom stereocenters. The van der Waals surface area contributed by atoms with Gasteiger partial charge in [-0.1, -0.05) is 0 Å². The van der Waals surface area contributed by atoms with Gasteiger partial charge in [-0.05, 0) is 11.6 Å². The largest absolute Gasteiger partial charge is 0.397 e. The van der Waals surface area contributed by atoms with E-state index in [1.165, 1.54) is 0 Å². The van der Waals surface area contributed by atoms with Crippen LogP contribution < -0.4 is 11.1 Å². The molecule has 0 aromatic carbocycles. The number of nitrogens with one attached hydrogen (secondary N) is 2. The van der Waals surface area contributed by atoms with Gasteiger partial charge in [-0.2, -0.15) is 5.10 Å². The van der Waals surface area contributed by atoms with Gasteiger partial charge in [0.15, 0.2) is 0 Å². The first kappa shape index (κ1) is 8.28. The molecule has 0 bridgehead atoms. The Morgan fingerprint density at radius 2 is 2.33 bits per heavy atom. The number of anilines is 2. The second kappa shape index (κ2) is 2.98. The number of aromatic amines is 1. The van der Waals surface area contributed by atoms with Crippen LogP contribution in [0.4, 0.5) is 11.5 Å². The zero-order valence-electron chi connectivity index (χ0n) is 8.07. The van der Waals surface area contributed by atoms with Crippen LogP contribution in [0.5, 0.6) is 0 Å². The number of nitrogens with zero attached hydrogens (tertiary/aromatic N) is 2. The summed E-state index contributed by atoms with van der Waals surface area (Å²) in [5, 5.41) is 10.0. The molecule has 1 atom stereocenters. The van der Waals surface area contributed by atoms with Gasteiger partial charge in [0, 0.05) is 24.2 Å². The Kier molecular flexibility index (Phi) is 1.65. The van der Waals surface area contributed by atoms with Crippen molar-refractivity contribution in [3.63, 3.8) is 0 Å². The maximum atomic E-state index is 5.73. The summed E-state index contributed by atoms with van der Waals surface area (Å²) in [4.78, 5) is 4.25. The highest BCUT2D eigenvalue weighted by Crippen LogP contribution is 2.34. The number of pyridine rings is 1. The predicted molar refractivity (Wildman–Crippen MR) is 57.6 cm³/mol. The fourth-order valence-electron chi connectivity index (χ4n) is 1.97. The first-order valence-corrected chi connectivity index (χ1v) is 4.82. The Labute approximate surface area is 86.7 Å². The summed E-state index contributed by atoms with van der Waals surface area (Å²) < 4.78 is 0. The third-order valence-corrected chi connectivity index (χ3v) is 2.71. The molecule has 2 aromatic heterocycles. The summed E-state index contributed by atoms with van der Waals surface area (Å²) in [6.07, 6.45) is 5.42.